The molecule has 0 fully saturated rings. The van der Waals surface area contributed by atoms with Gasteiger partial charge in [0.25, 0.3) is 0 Å². The number of anilines is 1. The van der Waals surface area contributed by atoms with Gasteiger partial charge >= 0.3 is 0 Å². The van der Waals surface area contributed by atoms with Gasteiger partial charge in [-0.3, -0.25) is 4.98 Å². The zero-order valence-corrected chi connectivity index (χ0v) is 12.5. The van der Waals surface area contributed by atoms with Crippen LogP contribution in [0.5, 0.6) is 0 Å². The summed E-state index contributed by atoms with van der Waals surface area (Å²) in [5, 5.41) is 2.91. The average molecular weight is 307 g/mol. The largest absolute Gasteiger partial charge is 0.355 e. The first-order valence-corrected chi connectivity index (χ1v) is 8.04. The van der Waals surface area contributed by atoms with Crippen molar-refractivity contribution in [1.29, 1.82) is 0 Å². The molecule has 0 aliphatic carbocycles. The van der Waals surface area contributed by atoms with Gasteiger partial charge in [-0.25, -0.2) is 23.1 Å². The lowest BCUT2D eigenvalue weighted by molar-refractivity contribution is 0.580. The molecule has 7 nitrogen and oxygen atoms in total. The van der Waals surface area contributed by atoms with Crippen molar-refractivity contribution < 1.29 is 8.42 Å². The van der Waals surface area contributed by atoms with E-state index in [0.717, 1.165) is 5.56 Å². The van der Waals surface area contributed by atoms with Gasteiger partial charge in [-0.05, 0) is 31.0 Å². The van der Waals surface area contributed by atoms with E-state index in [1.54, 1.807) is 12.4 Å². The second kappa shape index (κ2) is 7.09. The Kier molecular flexibility index (Phi) is 5.18. The van der Waals surface area contributed by atoms with Gasteiger partial charge in [0.2, 0.25) is 16.0 Å². The SMILES string of the molecule is CCNc1ncc(S(=O)(=O)NCCc2ccncc2)cn1. The Morgan fingerprint density at radius 2 is 1.81 bits per heavy atom. The van der Waals surface area contributed by atoms with E-state index < -0.39 is 10.0 Å². The van der Waals surface area contributed by atoms with Crippen LogP contribution in [0.2, 0.25) is 0 Å². The van der Waals surface area contributed by atoms with Crippen LogP contribution in [0.3, 0.4) is 0 Å². The second-order valence-electron chi connectivity index (χ2n) is 4.28. The van der Waals surface area contributed by atoms with E-state index in [-0.39, 0.29) is 4.90 Å². The van der Waals surface area contributed by atoms with Crippen LogP contribution < -0.4 is 10.0 Å². The van der Waals surface area contributed by atoms with Crippen LogP contribution in [-0.4, -0.2) is 36.5 Å². The van der Waals surface area contributed by atoms with Crippen molar-refractivity contribution in [1.82, 2.24) is 19.7 Å². The first-order chi connectivity index (χ1) is 10.1. The van der Waals surface area contributed by atoms with Crippen LogP contribution in [0.15, 0.2) is 41.8 Å². The summed E-state index contributed by atoms with van der Waals surface area (Å²) in [7, 11) is -3.58. The molecule has 2 heterocycles. The van der Waals surface area contributed by atoms with Crippen molar-refractivity contribution in [3.63, 3.8) is 0 Å². The predicted molar refractivity (Wildman–Crippen MR) is 79.3 cm³/mol. The van der Waals surface area contributed by atoms with Gasteiger partial charge in [0.15, 0.2) is 0 Å². The number of nitrogens with one attached hydrogen (secondary N) is 2. The summed E-state index contributed by atoms with van der Waals surface area (Å²) in [6.45, 7) is 2.90. The van der Waals surface area contributed by atoms with E-state index in [4.69, 9.17) is 0 Å². The molecule has 0 bridgehead atoms. The van der Waals surface area contributed by atoms with Gasteiger partial charge in [-0.1, -0.05) is 0 Å². The van der Waals surface area contributed by atoms with E-state index in [1.165, 1.54) is 12.4 Å². The van der Waals surface area contributed by atoms with Crippen LogP contribution in [0.4, 0.5) is 5.95 Å². The fourth-order valence-electron chi connectivity index (χ4n) is 1.67. The minimum absolute atomic E-state index is 0.0545. The number of nitrogens with zero attached hydrogens (tertiary/aromatic N) is 3. The van der Waals surface area contributed by atoms with Gasteiger partial charge in [-0.15, -0.1) is 0 Å². The van der Waals surface area contributed by atoms with Crippen molar-refractivity contribution in [2.45, 2.75) is 18.2 Å². The standard InChI is InChI=1S/C13H17N5O2S/c1-2-15-13-16-9-12(10-17-13)21(19,20)18-8-5-11-3-6-14-7-4-11/h3-4,6-7,9-10,18H,2,5,8H2,1H3,(H,15,16,17). The van der Waals surface area contributed by atoms with Crippen LogP contribution >= 0.6 is 0 Å². The van der Waals surface area contributed by atoms with Crippen LogP contribution in [-0.2, 0) is 16.4 Å². The molecular weight excluding hydrogens is 290 g/mol. The van der Waals surface area contributed by atoms with Gasteiger partial charge < -0.3 is 5.32 Å². The Hall–Kier alpha value is -2.06. The van der Waals surface area contributed by atoms with E-state index in [0.29, 0.717) is 25.5 Å². The molecule has 0 aliphatic rings. The average Bonchev–Trinajstić information content (AvgIpc) is 2.49. The Morgan fingerprint density at radius 3 is 2.43 bits per heavy atom. The van der Waals surface area contributed by atoms with Crippen molar-refractivity contribution >= 4 is 16.0 Å². The summed E-state index contributed by atoms with van der Waals surface area (Å²) < 4.78 is 26.7. The van der Waals surface area contributed by atoms with Crippen molar-refractivity contribution in [2.75, 3.05) is 18.4 Å². The zero-order chi connectivity index (χ0) is 15.1. The van der Waals surface area contributed by atoms with E-state index in [1.807, 2.05) is 19.1 Å². The maximum atomic E-state index is 12.1. The topological polar surface area (TPSA) is 96.9 Å². The number of rotatable bonds is 7. The molecule has 0 saturated heterocycles. The molecule has 0 amide bonds. The van der Waals surface area contributed by atoms with Crippen molar-refractivity contribution in [3.05, 3.63) is 42.5 Å². The molecule has 2 aromatic heterocycles. The highest BCUT2D eigenvalue weighted by atomic mass is 32.2. The smallest absolute Gasteiger partial charge is 0.243 e. The highest BCUT2D eigenvalue weighted by Crippen LogP contribution is 2.07. The third-order valence-corrected chi connectivity index (χ3v) is 4.14. The van der Waals surface area contributed by atoms with Crippen LogP contribution in [0.25, 0.3) is 0 Å². The normalized spacial score (nSPS) is 11.3. The molecule has 0 spiro atoms. The molecule has 2 N–H and O–H groups in total. The van der Waals surface area contributed by atoms with Crippen molar-refractivity contribution in [3.8, 4) is 0 Å². The molecular formula is C13H17N5O2S. The molecule has 0 aliphatic heterocycles. The minimum Gasteiger partial charge on any atom is -0.355 e. The van der Waals surface area contributed by atoms with Gasteiger partial charge in [0.1, 0.15) is 4.90 Å². The van der Waals surface area contributed by atoms with Crippen molar-refractivity contribution in [2.24, 2.45) is 0 Å². The minimum atomic E-state index is -3.58. The Balaban J connectivity index is 1.95. The van der Waals surface area contributed by atoms with Crippen LogP contribution in [0, 0.1) is 0 Å². The summed E-state index contributed by atoms with van der Waals surface area (Å²) in [6.07, 6.45) is 6.53. The fourth-order valence-corrected chi connectivity index (χ4v) is 2.59. The van der Waals surface area contributed by atoms with E-state index in [2.05, 4.69) is 25.0 Å². The maximum Gasteiger partial charge on any atom is 0.243 e. The lowest BCUT2D eigenvalue weighted by Gasteiger charge is -2.07. The van der Waals surface area contributed by atoms with Gasteiger partial charge in [0, 0.05) is 25.5 Å². The number of hydrogen-bond acceptors (Lipinski definition) is 6. The highest BCUT2D eigenvalue weighted by molar-refractivity contribution is 7.89. The second-order valence-corrected chi connectivity index (χ2v) is 6.04. The lowest BCUT2D eigenvalue weighted by atomic mass is 10.2. The first-order valence-electron chi connectivity index (χ1n) is 6.56. The third kappa shape index (κ3) is 4.47. The lowest BCUT2D eigenvalue weighted by Crippen LogP contribution is -2.26. The number of pyridine rings is 1. The monoisotopic (exact) mass is 307 g/mol. The first kappa shape index (κ1) is 15.3. The molecule has 2 aromatic rings. The Bertz CT molecular complexity index is 659. The van der Waals surface area contributed by atoms with Gasteiger partial charge in [-0.2, -0.15) is 0 Å². The molecule has 0 unspecified atom stereocenters. The molecule has 2 rings (SSSR count). The predicted octanol–water partition coefficient (Wildman–Crippen LogP) is 0.824. The highest BCUT2D eigenvalue weighted by Gasteiger charge is 2.14. The molecule has 0 atom stereocenters. The summed E-state index contributed by atoms with van der Waals surface area (Å²) in [5.41, 5.74) is 1.02. The summed E-state index contributed by atoms with van der Waals surface area (Å²) in [4.78, 5) is 11.9. The van der Waals surface area contributed by atoms with E-state index in [9.17, 15) is 8.42 Å². The third-order valence-electron chi connectivity index (χ3n) is 2.73. The molecule has 8 heteroatoms. The molecule has 21 heavy (non-hydrogen) atoms. The molecule has 112 valence electrons. The molecule has 0 saturated carbocycles. The molecule has 0 radical (unpaired) electrons. The Labute approximate surface area is 123 Å². The Morgan fingerprint density at radius 1 is 1.14 bits per heavy atom. The summed E-state index contributed by atoms with van der Waals surface area (Å²) in [6, 6.07) is 3.70. The number of aromatic nitrogens is 3. The molecule has 0 aromatic carbocycles. The fraction of sp³-hybridized carbons (Fsp3) is 0.308. The van der Waals surface area contributed by atoms with Gasteiger partial charge in [0.05, 0.1) is 12.4 Å². The van der Waals surface area contributed by atoms with E-state index >= 15 is 0 Å². The number of hydrogen-bond donors (Lipinski definition) is 2. The summed E-state index contributed by atoms with van der Waals surface area (Å²) in [5.74, 6) is 0.410. The summed E-state index contributed by atoms with van der Waals surface area (Å²) >= 11 is 0. The zero-order valence-electron chi connectivity index (χ0n) is 11.7. The maximum absolute atomic E-state index is 12.1. The quantitative estimate of drug-likeness (QED) is 0.786. The van der Waals surface area contributed by atoms with Crippen LogP contribution in [0.1, 0.15) is 12.5 Å². The number of sulfonamides is 1.